The average Bonchev–Trinajstić information content (AvgIpc) is 2.88. The lowest BCUT2D eigenvalue weighted by molar-refractivity contribution is 0.199. The molecule has 0 aromatic carbocycles. The second-order valence-corrected chi connectivity index (χ2v) is 4.86. The zero-order valence-corrected chi connectivity index (χ0v) is 10.5. The van der Waals surface area contributed by atoms with E-state index >= 15 is 0 Å². The second-order valence-electron chi connectivity index (χ2n) is 4.48. The molecule has 1 fully saturated rings. The summed E-state index contributed by atoms with van der Waals surface area (Å²) in [4.78, 5) is 2.45. The molecule has 1 aromatic heterocycles. The number of aromatic nitrogens is 3. The Bertz CT molecular complexity index is 320. The monoisotopic (exact) mass is 242 g/mol. The Hall–Kier alpha value is -0.610. The molecule has 0 N–H and O–H groups in total. The van der Waals surface area contributed by atoms with Gasteiger partial charge in [0.15, 0.2) is 0 Å². The van der Waals surface area contributed by atoms with Gasteiger partial charge in [0.05, 0.1) is 5.69 Å². The van der Waals surface area contributed by atoms with Gasteiger partial charge >= 0.3 is 0 Å². The first-order valence-corrected chi connectivity index (χ1v) is 6.48. The fourth-order valence-electron chi connectivity index (χ4n) is 2.44. The van der Waals surface area contributed by atoms with E-state index < -0.39 is 0 Å². The molecule has 0 aliphatic heterocycles. The van der Waals surface area contributed by atoms with Crippen molar-refractivity contribution in [2.75, 3.05) is 12.4 Å². The maximum absolute atomic E-state index is 5.86. The first kappa shape index (κ1) is 11.9. The molecule has 0 amide bonds. The van der Waals surface area contributed by atoms with Crippen molar-refractivity contribution in [3.05, 3.63) is 11.9 Å². The molecule has 0 spiro atoms. The fourth-order valence-corrected chi connectivity index (χ4v) is 2.66. The molecule has 0 radical (unpaired) electrons. The molecule has 0 bridgehead atoms. The molecular weight excluding hydrogens is 224 g/mol. The summed E-state index contributed by atoms with van der Waals surface area (Å²) >= 11 is 5.86. The van der Waals surface area contributed by atoms with E-state index in [1.54, 1.807) is 4.68 Å². The van der Waals surface area contributed by atoms with Crippen molar-refractivity contribution in [3.63, 3.8) is 0 Å². The summed E-state index contributed by atoms with van der Waals surface area (Å²) in [6.45, 7) is 1.83. The molecule has 4 nitrogen and oxygen atoms in total. The van der Waals surface area contributed by atoms with Crippen LogP contribution >= 0.6 is 11.6 Å². The van der Waals surface area contributed by atoms with Gasteiger partial charge in [0.25, 0.3) is 0 Å². The van der Waals surface area contributed by atoms with Gasteiger partial charge in [0.2, 0.25) is 0 Å². The lowest BCUT2D eigenvalue weighted by atomic mass is 10.2. The third kappa shape index (κ3) is 2.95. The third-order valence-electron chi connectivity index (χ3n) is 3.23. The molecule has 0 saturated heterocycles. The van der Waals surface area contributed by atoms with E-state index in [0.717, 1.165) is 18.8 Å². The minimum atomic E-state index is 0.691. The first-order valence-electron chi connectivity index (χ1n) is 5.95. The van der Waals surface area contributed by atoms with Crippen molar-refractivity contribution >= 4 is 11.6 Å². The van der Waals surface area contributed by atoms with E-state index in [2.05, 4.69) is 15.2 Å². The van der Waals surface area contributed by atoms with Gasteiger partial charge in [0.1, 0.15) is 0 Å². The van der Waals surface area contributed by atoms with Crippen LogP contribution in [0.5, 0.6) is 0 Å². The van der Waals surface area contributed by atoms with E-state index in [4.69, 9.17) is 11.6 Å². The van der Waals surface area contributed by atoms with E-state index in [9.17, 15) is 0 Å². The van der Waals surface area contributed by atoms with Gasteiger partial charge in [0, 0.05) is 38.3 Å². The van der Waals surface area contributed by atoms with E-state index in [-0.39, 0.29) is 0 Å². The molecule has 1 aliphatic carbocycles. The summed E-state index contributed by atoms with van der Waals surface area (Å²) < 4.78 is 1.75. The van der Waals surface area contributed by atoms with E-state index in [1.165, 1.54) is 25.7 Å². The van der Waals surface area contributed by atoms with Crippen LogP contribution < -0.4 is 0 Å². The summed E-state index contributed by atoms with van der Waals surface area (Å²) in [7, 11) is 1.90. The minimum Gasteiger partial charge on any atom is -0.293 e. The van der Waals surface area contributed by atoms with Crippen LogP contribution in [0.4, 0.5) is 0 Å². The maximum atomic E-state index is 5.86. The molecular formula is C11H19ClN4. The van der Waals surface area contributed by atoms with Crippen molar-refractivity contribution in [3.8, 4) is 0 Å². The van der Waals surface area contributed by atoms with Gasteiger partial charge in [-0.05, 0) is 12.8 Å². The second kappa shape index (κ2) is 5.64. The number of aryl methyl sites for hydroxylation is 1. The van der Waals surface area contributed by atoms with Gasteiger partial charge in [-0.25, -0.2) is 0 Å². The molecule has 0 unspecified atom stereocenters. The number of nitrogens with zero attached hydrogens (tertiary/aromatic N) is 4. The van der Waals surface area contributed by atoms with E-state index in [1.807, 2.05) is 13.2 Å². The molecule has 1 aromatic rings. The van der Waals surface area contributed by atoms with Gasteiger partial charge in [-0.15, -0.1) is 16.7 Å². The molecule has 1 aliphatic rings. The summed E-state index contributed by atoms with van der Waals surface area (Å²) in [5.74, 6) is 0.691. The maximum Gasteiger partial charge on any atom is 0.0967 e. The van der Waals surface area contributed by atoms with Crippen molar-refractivity contribution in [2.24, 2.45) is 7.05 Å². The largest absolute Gasteiger partial charge is 0.293 e. The van der Waals surface area contributed by atoms with Gasteiger partial charge < -0.3 is 0 Å². The number of halogens is 1. The van der Waals surface area contributed by atoms with E-state index in [0.29, 0.717) is 11.9 Å². The molecule has 2 rings (SSSR count). The van der Waals surface area contributed by atoms with Crippen molar-refractivity contribution in [1.82, 2.24) is 19.9 Å². The highest BCUT2D eigenvalue weighted by atomic mass is 35.5. The van der Waals surface area contributed by atoms with Crippen LogP contribution in [0.1, 0.15) is 31.4 Å². The number of hydrogen-bond acceptors (Lipinski definition) is 3. The van der Waals surface area contributed by atoms with Crippen LogP contribution in [0.3, 0.4) is 0 Å². The van der Waals surface area contributed by atoms with Crippen LogP contribution in [0, 0.1) is 0 Å². The number of hydrogen-bond donors (Lipinski definition) is 0. The highest BCUT2D eigenvalue weighted by Crippen LogP contribution is 2.24. The van der Waals surface area contributed by atoms with Gasteiger partial charge in [-0.3, -0.25) is 9.58 Å². The Morgan fingerprint density at radius 1 is 1.50 bits per heavy atom. The normalized spacial score (nSPS) is 17.4. The smallest absolute Gasteiger partial charge is 0.0967 e. The Labute approximate surface area is 102 Å². The highest BCUT2D eigenvalue weighted by molar-refractivity contribution is 6.18. The van der Waals surface area contributed by atoms with Crippen LogP contribution in [-0.2, 0) is 13.6 Å². The first-order chi connectivity index (χ1) is 7.79. The van der Waals surface area contributed by atoms with Crippen molar-refractivity contribution in [2.45, 2.75) is 38.3 Å². The lowest BCUT2D eigenvalue weighted by Gasteiger charge is -2.26. The lowest BCUT2D eigenvalue weighted by Crippen LogP contribution is -2.34. The molecule has 16 heavy (non-hydrogen) atoms. The standard InChI is InChI=1S/C11H19ClN4/c1-15-8-10(13-14-15)9-16(7-6-12)11-4-2-3-5-11/h8,11H,2-7,9H2,1H3. The van der Waals surface area contributed by atoms with Crippen LogP contribution in [0.25, 0.3) is 0 Å². The minimum absolute atomic E-state index is 0.691. The third-order valence-corrected chi connectivity index (χ3v) is 3.40. The summed E-state index contributed by atoms with van der Waals surface area (Å²) in [5, 5.41) is 8.10. The Balaban J connectivity index is 1.96. The predicted octanol–water partition coefficient (Wildman–Crippen LogP) is 1.80. The predicted molar refractivity (Wildman–Crippen MR) is 64.4 cm³/mol. The van der Waals surface area contributed by atoms with Crippen molar-refractivity contribution in [1.29, 1.82) is 0 Å². The van der Waals surface area contributed by atoms with Crippen LogP contribution in [0.2, 0.25) is 0 Å². The average molecular weight is 243 g/mol. The van der Waals surface area contributed by atoms with Crippen molar-refractivity contribution < 1.29 is 0 Å². The molecule has 1 saturated carbocycles. The molecule has 0 atom stereocenters. The summed E-state index contributed by atoms with van der Waals surface area (Å²) in [5.41, 5.74) is 1.04. The van der Waals surface area contributed by atoms with Gasteiger partial charge in [-0.2, -0.15) is 0 Å². The Kier molecular flexibility index (Phi) is 4.18. The molecule has 90 valence electrons. The zero-order chi connectivity index (χ0) is 11.4. The zero-order valence-electron chi connectivity index (χ0n) is 9.77. The molecule has 1 heterocycles. The Morgan fingerprint density at radius 3 is 2.81 bits per heavy atom. The SMILES string of the molecule is Cn1cc(CN(CCCl)C2CCCC2)nn1. The molecule has 5 heteroatoms. The quantitative estimate of drug-likeness (QED) is 0.739. The Morgan fingerprint density at radius 2 is 2.25 bits per heavy atom. The summed E-state index contributed by atoms with van der Waals surface area (Å²) in [6, 6.07) is 0.695. The summed E-state index contributed by atoms with van der Waals surface area (Å²) in [6.07, 6.45) is 7.29. The fraction of sp³-hybridized carbons (Fsp3) is 0.818. The number of rotatable bonds is 5. The highest BCUT2D eigenvalue weighted by Gasteiger charge is 2.22. The van der Waals surface area contributed by atoms with Crippen LogP contribution in [-0.4, -0.2) is 38.4 Å². The van der Waals surface area contributed by atoms with Crippen LogP contribution in [0.15, 0.2) is 6.20 Å². The topological polar surface area (TPSA) is 34.0 Å². The van der Waals surface area contributed by atoms with Gasteiger partial charge in [-0.1, -0.05) is 18.1 Å². The number of alkyl halides is 1.